The van der Waals surface area contributed by atoms with E-state index in [1.54, 1.807) is 0 Å². The molecule has 15 heavy (non-hydrogen) atoms. The first-order valence-electron chi connectivity index (χ1n) is 5.56. The first-order valence-corrected chi connectivity index (χ1v) is 5.56. The van der Waals surface area contributed by atoms with E-state index in [4.69, 9.17) is 4.74 Å². The van der Waals surface area contributed by atoms with E-state index in [0.29, 0.717) is 6.54 Å². The third-order valence-corrected chi connectivity index (χ3v) is 3.08. The summed E-state index contributed by atoms with van der Waals surface area (Å²) in [6, 6.07) is 0. The lowest BCUT2D eigenvalue weighted by atomic mass is 10.3. The van der Waals surface area contributed by atoms with Crippen molar-refractivity contribution in [3.05, 3.63) is 0 Å². The van der Waals surface area contributed by atoms with Crippen LogP contribution in [0.4, 0.5) is 8.78 Å². The number of alkyl halides is 2. The maximum absolute atomic E-state index is 12.9. The van der Waals surface area contributed by atoms with Gasteiger partial charge in [0.15, 0.2) is 0 Å². The Morgan fingerprint density at radius 2 is 1.67 bits per heavy atom. The number of rotatable bonds is 3. The minimum atomic E-state index is -2.45. The van der Waals surface area contributed by atoms with Gasteiger partial charge in [-0.3, -0.25) is 9.80 Å². The van der Waals surface area contributed by atoms with E-state index in [1.807, 2.05) is 4.90 Å². The summed E-state index contributed by atoms with van der Waals surface area (Å²) in [5.74, 6) is -2.45. The van der Waals surface area contributed by atoms with Crippen molar-refractivity contribution >= 4 is 0 Å². The normalized spacial score (nSPS) is 28.4. The van der Waals surface area contributed by atoms with Gasteiger partial charge in [0.2, 0.25) is 0 Å². The van der Waals surface area contributed by atoms with Crippen LogP contribution in [0.2, 0.25) is 0 Å². The standard InChI is InChI=1S/C10H18F2N2O/c11-10(12)1-2-14(9-10)4-3-13-5-7-15-8-6-13/h1-9H2. The average Bonchev–Trinajstić information content (AvgIpc) is 2.57. The number of hydrogen-bond donors (Lipinski definition) is 0. The second-order valence-electron chi connectivity index (χ2n) is 4.34. The van der Waals surface area contributed by atoms with Crippen molar-refractivity contribution in [3.8, 4) is 0 Å². The van der Waals surface area contributed by atoms with Crippen LogP contribution in [0.1, 0.15) is 6.42 Å². The highest BCUT2D eigenvalue weighted by Gasteiger charge is 2.37. The summed E-state index contributed by atoms with van der Waals surface area (Å²) in [7, 11) is 0. The van der Waals surface area contributed by atoms with Gasteiger partial charge >= 0.3 is 0 Å². The molecule has 0 spiro atoms. The largest absolute Gasteiger partial charge is 0.379 e. The highest BCUT2D eigenvalue weighted by molar-refractivity contribution is 4.82. The third-order valence-electron chi connectivity index (χ3n) is 3.08. The van der Waals surface area contributed by atoms with E-state index < -0.39 is 5.92 Å². The topological polar surface area (TPSA) is 15.7 Å². The summed E-state index contributed by atoms with van der Waals surface area (Å²) >= 11 is 0. The predicted octanol–water partition coefficient (Wildman–Crippen LogP) is 0.660. The van der Waals surface area contributed by atoms with E-state index in [-0.39, 0.29) is 13.0 Å². The highest BCUT2D eigenvalue weighted by Crippen LogP contribution is 2.26. The minimum absolute atomic E-state index is 0.0239. The van der Waals surface area contributed by atoms with Crippen molar-refractivity contribution < 1.29 is 13.5 Å². The third kappa shape index (κ3) is 3.36. The number of likely N-dealkylation sites (tertiary alicyclic amines) is 1. The van der Waals surface area contributed by atoms with Crippen LogP contribution in [0.5, 0.6) is 0 Å². The maximum Gasteiger partial charge on any atom is 0.261 e. The van der Waals surface area contributed by atoms with E-state index in [2.05, 4.69) is 4.90 Å². The molecule has 5 heteroatoms. The molecule has 0 amide bonds. The molecule has 2 aliphatic heterocycles. The lowest BCUT2D eigenvalue weighted by molar-refractivity contribution is 0.00784. The number of hydrogen-bond acceptors (Lipinski definition) is 3. The molecule has 0 radical (unpaired) electrons. The van der Waals surface area contributed by atoms with Crippen molar-refractivity contribution in [2.24, 2.45) is 0 Å². The Morgan fingerprint density at radius 3 is 2.27 bits per heavy atom. The zero-order valence-electron chi connectivity index (χ0n) is 8.92. The SMILES string of the molecule is FC1(F)CCN(CCN2CCOCC2)C1. The Labute approximate surface area is 89.0 Å². The maximum atomic E-state index is 12.9. The molecular formula is C10H18F2N2O. The molecule has 88 valence electrons. The molecule has 0 atom stereocenters. The first kappa shape index (κ1) is 11.2. The van der Waals surface area contributed by atoms with Gasteiger partial charge in [-0.15, -0.1) is 0 Å². The van der Waals surface area contributed by atoms with Crippen LogP contribution in [-0.2, 0) is 4.74 Å². The number of ether oxygens (including phenoxy) is 1. The summed E-state index contributed by atoms with van der Waals surface area (Å²) in [5, 5.41) is 0. The van der Waals surface area contributed by atoms with Gasteiger partial charge in [-0.1, -0.05) is 0 Å². The molecule has 0 bridgehead atoms. The molecule has 2 fully saturated rings. The molecule has 0 aliphatic carbocycles. The van der Waals surface area contributed by atoms with Crippen LogP contribution >= 0.6 is 0 Å². The Balaban J connectivity index is 1.65. The molecule has 0 N–H and O–H groups in total. The van der Waals surface area contributed by atoms with Gasteiger partial charge in [0.05, 0.1) is 19.8 Å². The summed E-state index contributed by atoms with van der Waals surface area (Å²) < 4.78 is 31.0. The van der Waals surface area contributed by atoms with Crippen molar-refractivity contribution in [2.45, 2.75) is 12.3 Å². The summed E-state index contributed by atoms with van der Waals surface area (Å²) in [6.45, 7) is 5.55. The Kier molecular flexibility index (Phi) is 3.53. The molecule has 2 saturated heterocycles. The minimum Gasteiger partial charge on any atom is -0.379 e. The molecule has 2 heterocycles. The second-order valence-corrected chi connectivity index (χ2v) is 4.34. The number of morpholine rings is 1. The fraction of sp³-hybridized carbons (Fsp3) is 1.00. The summed E-state index contributed by atoms with van der Waals surface area (Å²) in [6.07, 6.45) is 0.0239. The Morgan fingerprint density at radius 1 is 1.00 bits per heavy atom. The Bertz CT molecular complexity index is 208. The van der Waals surface area contributed by atoms with E-state index in [9.17, 15) is 8.78 Å². The molecule has 0 aromatic heterocycles. The van der Waals surface area contributed by atoms with Gasteiger partial charge in [-0.2, -0.15) is 0 Å². The van der Waals surface area contributed by atoms with Crippen molar-refractivity contribution in [3.63, 3.8) is 0 Å². The van der Waals surface area contributed by atoms with Crippen LogP contribution in [0.3, 0.4) is 0 Å². The Hall–Kier alpha value is -0.260. The fourth-order valence-corrected chi connectivity index (χ4v) is 2.11. The zero-order chi connectivity index (χ0) is 10.7. The zero-order valence-corrected chi connectivity index (χ0v) is 8.92. The lowest BCUT2D eigenvalue weighted by Crippen LogP contribution is -2.41. The summed E-state index contributed by atoms with van der Waals surface area (Å²) in [5.41, 5.74) is 0. The fourth-order valence-electron chi connectivity index (χ4n) is 2.11. The van der Waals surface area contributed by atoms with Gasteiger partial charge in [0.25, 0.3) is 5.92 Å². The van der Waals surface area contributed by atoms with Crippen LogP contribution < -0.4 is 0 Å². The smallest absolute Gasteiger partial charge is 0.261 e. The molecule has 2 aliphatic rings. The van der Waals surface area contributed by atoms with E-state index >= 15 is 0 Å². The predicted molar refractivity (Wildman–Crippen MR) is 53.3 cm³/mol. The van der Waals surface area contributed by atoms with Gasteiger partial charge in [-0.05, 0) is 0 Å². The molecule has 2 rings (SSSR count). The average molecular weight is 220 g/mol. The molecule has 0 aromatic carbocycles. The monoisotopic (exact) mass is 220 g/mol. The van der Waals surface area contributed by atoms with E-state index in [1.165, 1.54) is 0 Å². The lowest BCUT2D eigenvalue weighted by Gasteiger charge is -2.28. The van der Waals surface area contributed by atoms with Crippen molar-refractivity contribution in [1.29, 1.82) is 0 Å². The van der Waals surface area contributed by atoms with E-state index in [0.717, 1.165) is 39.4 Å². The van der Waals surface area contributed by atoms with Crippen LogP contribution in [0.15, 0.2) is 0 Å². The highest BCUT2D eigenvalue weighted by atomic mass is 19.3. The molecule has 3 nitrogen and oxygen atoms in total. The quantitative estimate of drug-likeness (QED) is 0.695. The van der Waals surface area contributed by atoms with Gasteiger partial charge in [-0.25, -0.2) is 8.78 Å². The summed E-state index contributed by atoms with van der Waals surface area (Å²) in [4.78, 5) is 4.13. The van der Waals surface area contributed by atoms with Crippen LogP contribution in [-0.4, -0.2) is 68.2 Å². The van der Waals surface area contributed by atoms with Crippen LogP contribution in [0.25, 0.3) is 0 Å². The molecular weight excluding hydrogens is 202 g/mol. The second kappa shape index (κ2) is 4.72. The van der Waals surface area contributed by atoms with Crippen molar-refractivity contribution in [1.82, 2.24) is 9.80 Å². The molecule has 0 aromatic rings. The number of halogens is 2. The van der Waals surface area contributed by atoms with Crippen molar-refractivity contribution in [2.75, 3.05) is 52.5 Å². The number of nitrogens with zero attached hydrogens (tertiary/aromatic N) is 2. The molecule has 0 saturated carbocycles. The molecule has 0 unspecified atom stereocenters. The van der Waals surface area contributed by atoms with Gasteiger partial charge < -0.3 is 4.74 Å². The van der Waals surface area contributed by atoms with Crippen LogP contribution in [0, 0.1) is 0 Å². The van der Waals surface area contributed by atoms with Gasteiger partial charge in [0, 0.05) is 39.1 Å². The first-order chi connectivity index (χ1) is 7.16. The van der Waals surface area contributed by atoms with Gasteiger partial charge in [0.1, 0.15) is 0 Å².